The van der Waals surface area contributed by atoms with Gasteiger partial charge in [-0.05, 0) is 45.8 Å². The Bertz CT molecular complexity index is 467. The molecule has 1 aromatic heterocycles. The first kappa shape index (κ1) is 10.7. The fourth-order valence-corrected chi connectivity index (χ4v) is 1.83. The number of benzene rings is 1. The molecule has 0 fully saturated rings. The molecule has 1 unspecified atom stereocenters. The van der Waals surface area contributed by atoms with Gasteiger partial charge in [-0.1, -0.05) is 23.7 Å². The summed E-state index contributed by atoms with van der Waals surface area (Å²) in [6.07, 6.45) is -0.782. The smallest absolute Gasteiger partial charge is 0.169 e. The fourth-order valence-electron chi connectivity index (χ4n) is 1.32. The molecule has 0 aliphatic rings. The molecule has 0 saturated carbocycles. The minimum Gasteiger partial charge on any atom is -0.451 e. The lowest BCUT2D eigenvalue weighted by molar-refractivity contribution is 0.187. The molecule has 2 aromatic rings. The standard InChI is InChI=1S/C11H8BrClO2/c12-10-5-4-9(15-10)11(14)7-2-1-3-8(13)6-7/h1-6,11,14H. The van der Waals surface area contributed by atoms with E-state index in [1.165, 1.54) is 0 Å². The van der Waals surface area contributed by atoms with Gasteiger partial charge in [-0.2, -0.15) is 0 Å². The Morgan fingerprint density at radius 3 is 2.67 bits per heavy atom. The lowest BCUT2D eigenvalue weighted by Gasteiger charge is -2.07. The Morgan fingerprint density at radius 1 is 1.27 bits per heavy atom. The van der Waals surface area contributed by atoms with Gasteiger partial charge in [0.1, 0.15) is 11.9 Å². The van der Waals surface area contributed by atoms with E-state index in [2.05, 4.69) is 15.9 Å². The van der Waals surface area contributed by atoms with Crippen LogP contribution in [0.4, 0.5) is 0 Å². The van der Waals surface area contributed by atoms with Crippen LogP contribution in [0.3, 0.4) is 0 Å². The molecule has 4 heteroatoms. The Kier molecular flexibility index (Phi) is 3.14. The molecule has 15 heavy (non-hydrogen) atoms. The van der Waals surface area contributed by atoms with E-state index < -0.39 is 6.10 Å². The molecule has 1 aromatic carbocycles. The van der Waals surface area contributed by atoms with Crippen molar-refractivity contribution >= 4 is 27.5 Å². The van der Waals surface area contributed by atoms with Crippen LogP contribution in [0.15, 0.2) is 45.5 Å². The third-order valence-corrected chi connectivity index (χ3v) is 2.69. The zero-order valence-corrected chi connectivity index (χ0v) is 9.99. The maximum absolute atomic E-state index is 9.96. The first-order valence-corrected chi connectivity index (χ1v) is 5.52. The highest BCUT2D eigenvalue weighted by Crippen LogP contribution is 2.27. The summed E-state index contributed by atoms with van der Waals surface area (Å²) >= 11 is 9.01. The van der Waals surface area contributed by atoms with E-state index in [1.54, 1.807) is 36.4 Å². The largest absolute Gasteiger partial charge is 0.451 e. The summed E-state index contributed by atoms with van der Waals surface area (Å²) < 4.78 is 5.86. The van der Waals surface area contributed by atoms with Crippen molar-refractivity contribution in [1.29, 1.82) is 0 Å². The molecule has 0 saturated heterocycles. The van der Waals surface area contributed by atoms with Crippen molar-refractivity contribution in [2.75, 3.05) is 0 Å². The summed E-state index contributed by atoms with van der Waals surface area (Å²) in [5.41, 5.74) is 0.712. The topological polar surface area (TPSA) is 33.4 Å². The third-order valence-electron chi connectivity index (χ3n) is 2.03. The number of hydrogen-bond acceptors (Lipinski definition) is 2. The lowest BCUT2D eigenvalue weighted by Crippen LogP contribution is -1.97. The molecule has 0 bridgehead atoms. The van der Waals surface area contributed by atoms with Crippen LogP contribution < -0.4 is 0 Å². The molecule has 0 aliphatic carbocycles. The number of rotatable bonds is 2. The van der Waals surface area contributed by atoms with Gasteiger partial charge in [0.2, 0.25) is 0 Å². The van der Waals surface area contributed by atoms with Gasteiger partial charge in [0.05, 0.1) is 0 Å². The second-order valence-electron chi connectivity index (χ2n) is 3.10. The summed E-state index contributed by atoms with van der Waals surface area (Å²) in [4.78, 5) is 0. The predicted molar refractivity (Wildman–Crippen MR) is 61.9 cm³/mol. The Balaban J connectivity index is 2.32. The van der Waals surface area contributed by atoms with Crippen molar-refractivity contribution in [3.63, 3.8) is 0 Å². The highest BCUT2D eigenvalue weighted by atomic mass is 79.9. The van der Waals surface area contributed by atoms with Crippen LogP contribution in [0.5, 0.6) is 0 Å². The van der Waals surface area contributed by atoms with Crippen LogP contribution >= 0.6 is 27.5 Å². The van der Waals surface area contributed by atoms with Crippen molar-refractivity contribution in [2.24, 2.45) is 0 Å². The van der Waals surface area contributed by atoms with Gasteiger partial charge in [-0.3, -0.25) is 0 Å². The quantitative estimate of drug-likeness (QED) is 0.912. The highest BCUT2D eigenvalue weighted by Gasteiger charge is 2.14. The summed E-state index contributed by atoms with van der Waals surface area (Å²) in [6, 6.07) is 10.5. The predicted octanol–water partition coefficient (Wildman–Crippen LogP) is 3.78. The van der Waals surface area contributed by atoms with Gasteiger partial charge in [0, 0.05) is 5.02 Å². The summed E-state index contributed by atoms with van der Waals surface area (Å²) in [7, 11) is 0. The number of aliphatic hydroxyl groups is 1. The summed E-state index contributed by atoms with van der Waals surface area (Å²) in [5, 5.41) is 10.6. The van der Waals surface area contributed by atoms with Crippen LogP contribution in [0.25, 0.3) is 0 Å². The van der Waals surface area contributed by atoms with E-state index in [0.29, 0.717) is 21.0 Å². The monoisotopic (exact) mass is 286 g/mol. The van der Waals surface area contributed by atoms with Gasteiger partial charge >= 0.3 is 0 Å². The Morgan fingerprint density at radius 2 is 2.07 bits per heavy atom. The normalized spacial score (nSPS) is 12.7. The van der Waals surface area contributed by atoms with Crippen LogP contribution in [0.1, 0.15) is 17.4 Å². The van der Waals surface area contributed by atoms with Gasteiger partial charge in [-0.25, -0.2) is 0 Å². The molecule has 1 N–H and O–H groups in total. The van der Waals surface area contributed by atoms with Crippen molar-refractivity contribution < 1.29 is 9.52 Å². The first-order chi connectivity index (χ1) is 7.16. The Hall–Kier alpha value is -0.770. The minimum absolute atomic E-state index is 0.490. The van der Waals surface area contributed by atoms with E-state index in [4.69, 9.17) is 16.0 Å². The van der Waals surface area contributed by atoms with E-state index >= 15 is 0 Å². The number of halogens is 2. The van der Waals surface area contributed by atoms with E-state index in [0.717, 1.165) is 0 Å². The SMILES string of the molecule is OC(c1cccc(Cl)c1)c1ccc(Br)o1. The molecular weight excluding hydrogens is 279 g/mol. The van der Waals surface area contributed by atoms with E-state index in [-0.39, 0.29) is 0 Å². The molecule has 0 radical (unpaired) electrons. The molecule has 0 aliphatic heterocycles. The van der Waals surface area contributed by atoms with Crippen molar-refractivity contribution in [1.82, 2.24) is 0 Å². The Labute approximate surface area is 101 Å². The highest BCUT2D eigenvalue weighted by molar-refractivity contribution is 9.10. The third kappa shape index (κ3) is 2.43. The fraction of sp³-hybridized carbons (Fsp3) is 0.0909. The number of furan rings is 1. The van der Waals surface area contributed by atoms with Crippen molar-refractivity contribution in [3.8, 4) is 0 Å². The second-order valence-corrected chi connectivity index (χ2v) is 4.32. The minimum atomic E-state index is -0.782. The van der Waals surface area contributed by atoms with Gasteiger partial charge < -0.3 is 9.52 Å². The summed E-state index contributed by atoms with van der Waals surface area (Å²) in [5.74, 6) is 0.490. The van der Waals surface area contributed by atoms with Crippen LogP contribution in [0.2, 0.25) is 5.02 Å². The average molecular weight is 288 g/mol. The second kappa shape index (κ2) is 4.39. The molecule has 78 valence electrons. The first-order valence-electron chi connectivity index (χ1n) is 4.35. The molecular formula is C11H8BrClO2. The molecule has 0 amide bonds. The maximum atomic E-state index is 9.96. The zero-order chi connectivity index (χ0) is 10.8. The van der Waals surface area contributed by atoms with Gasteiger partial charge in [-0.15, -0.1) is 0 Å². The van der Waals surface area contributed by atoms with Crippen LogP contribution in [0, 0.1) is 0 Å². The van der Waals surface area contributed by atoms with Crippen molar-refractivity contribution in [2.45, 2.75) is 6.10 Å². The zero-order valence-electron chi connectivity index (χ0n) is 7.65. The number of hydrogen-bond donors (Lipinski definition) is 1. The van der Waals surface area contributed by atoms with Crippen LogP contribution in [-0.2, 0) is 0 Å². The van der Waals surface area contributed by atoms with E-state index in [9.17, 15) is 5.11 Å². The average Bonchev–Trinajstić information content (AvgIpc) is 2.64. The maximum Gasteiger partial charge on any atom is 0.169 e. The molecule has 1 heterocycles. The number of aliphatic hydroxyl groups excluding tert-OH is 1. The molecule has 2 nitrogen and oxygen atoms in total. The van der Waals surface area contributed by atoms with Crippen LogP contribution in [-0.4, -0.2) is 5.11 Å². The summed E-state index contributed by atoms with van der Waals surface area (Å²) in [6.45, 7) is 0. The van der Waals surface area contributed by atoms with Gasteiger partial charge in [0.15, 0.2) is 4.67 Å². The lowest BCUT2D eigenvalue weighted by atomic mass is 10.1. The van der Waals surface area contributed by atoms with Crippen molar-refractivity contribution in [3.05, 3.63) is 57.4 Å². The molecule has 0 spiro atoms. The van der Waals surface area contributed by atoms with Gasteiger partial charge in [0.25, 0.3) is 0 Å². The van der Waals surface area contributed by atoms with E-state index in [1.807, 2.05) is 0 Å². The molecule has 1 atom stereocenters. The molecule has 2 rings (SSSR count).